The van der Waals surface area contributed by atoms with Gasteiger partial charge in [-0.05, 0) is 11.6 Å². The van der Waals surface area contributed by atoms with Crippen LogP contribution in [0.1, 0.15) is 31.2 Å². The van der Waals surface area contributed by atoms with Crippen molar-refractivity contribution < 1.29 is 4.79 Å². The van der Waals surface area contributed by atoms with Gasteiger partial charge in [-0.3, -0.25) is 4.79 Å². The van der Waals surface area contributed by atoms with Crippen LogP contribution in [0.4, 0.5) is 0 Å². The lowest BCUT2D eigenvalue weighted by molar-refractivity contribution is -0.137. The number of halogens is 1. The first kappa shape index (κ1) is 16.2. The molecular formula is C18H22BrN3O. The van der Waals surface area contributed by atoms with E-state index in [1.807, 2.05) is 41.6 Å². The predicted molar refractivity (Wildman–Crippen MR) is 94.2 cm³/mol. The minimum atomic E-state index is 0.211. The number of rotatable bonds is 5. The number of imidazole rings is 1. The van der Waals surface area contributed by atoms with Crippen molar-refractivity contribution in [2.75, 3.05) is 13.1 Å². The van der Waals surface area contributed by atoms with Gasteiger partial charge in [-0.2, -0.15) is 0 Å². The molecule has 1 aliphatic rings. The third kappa shape index (κ3) is 3.66. The van der Waals surface area contributed by atoms with Crippen molar-refractivity contribution >= 4 is 21.8 Å². The Morgan fingerprint density at radius 2 is 2.09 bits per heavy atom. The molecule has 0 spiro atoms. The molecule has 0 atom stereocenters. The normalized spacial score (nSPS) is 15.0. The van der Waals surface area contributed by atoms with E-state index in [2.05, 4.69) is 39.3 Å². The molecule has 1 saturated heterocycles. The number of carbonyl (C=O) groups excluding carboxylic acids is 1. The first-order valence-corrected chi connectivity index (χ1v) is 8.86. The van der Waals surface area contributed by atoms with Gasteiger partial charge in [-0.1, -0.05) is 48.0 Å². The van der Waals surface area contributed by atoms with Crippen LogP contribution in [0.5, 0.6) is 0 Å². The number of aromatic nitrogens is 2. The van der Waals surface area contributed by atoms with Crippen LogP contribution < -0.4 is 0 Å². The SMILES string of the molecule is CC(C)c1nccn1CC1CN(C(=O)Cc2ccccc2Br)C1. The van der Waals surface area contributed by atoms with E-state index in [4.69, 9.17) is 0 Å². The molecule has 0 N–H and O–H groups in total. The average Bonchev–Trinajstić information content (AvgIpc) is 2.93. The maximum absolute atomic E-state index is 12.4. The summed E-state index contributed by atoms with van der Waals surface area (Å²) in [5.41, 5.74) is 1.05. The molecule has 4 nitrogen and oxygen atoms in total. The highest BCUT2D eigenvalue weighted by Gasteiger charge is 2.31. The second kappa shape index (κ2) is 6.87. The Morgan fingerprint density at radius 3 is 2.78 bits per heavy atom. The van der Waals surface area contributed by atoms with E-state index in [-0.39, 0.29) is 5.91 Å². The molecule has 2 heterocycles. The Hall–Kier alpha value is -1.62. The van der Waals surface area contributed by atoms with Gasteiger partial charge in [-0.25, -0.2) is 4.98 Å². The third-order valence-electron chi connectivity index (χ3n) is 4.33. The van der Waals surface area contributed by atoms with Crippen LogP contribution in [-0.4, -0.2) is 33.4 Å². The molecule has 1 amide bonds. The lowest BCUT2D eigenvalue weighted by Crippen LogP contribution is -2.52. The zero-order valence-electron chi connectivity index (χ0n) is 13.6. The van der Waals surface area contributed by atoms with Crippen molar-refractivity contribution in [3.8, 4) is 0 Å². The molecule has 0 unspecified atom stereocenters. The molecule has 0 aliphatic carbocycles. The van der Waals surface area contributed by atoms with Gasteiger partial charge < -0.3 is 9.47 Å². The van der Waals surface area contributed by atoms with Gasteiger partial charge in [0.15, 0.2) is 0 Å². The van der Waals surface area contributed by atoms with E-state index in [0.717, 1.165) is 35.5 Å². The lowest BCUT2D eigenvalue weighted by atomic mass is 9.98. The summed E-state index contributed by atoms with van der Waals surface area (Å²) in [6.07, 6.45) is 4.38. The number of carbonyl (C=O) groups is 1. The van der Waals surface area contributed by atoms with E-state index in [0.29, 0.717) is 18.3 Å². The second-order valence-electron chi connectivity index (χ2n) is 6.53. The molecule has 0 bridgehead atoms. The molecule has 1 aliphatic heterocycles. The van der Waals surface area contributed by atoms with Gasteiger partial charge in [0.1, 0.15) is 5.82 Å². The Kier molecular flexibility index (Phi) is 4.85. The standard InChI is InChI=1S/C18H22BrN3O/c1-13(2)18-20-7-8-21(18)10-14-11-22(12-14)17(23)9-15-5-3-4-6-16(15)19/h3-8,13-14H,9-12H2,1-2H3. The van der Waals surface area contributed by atoms with E-state index in [9.17, 15) is 4.79 Å². The zero-order chi connectivity index (χ0) is 16.4. The minimum Gasteiger partial charge on any atom is -0.342 e. The highest BCUT2D eigenvalue weighted by molar-refractivity contribution is 9.10. The van der Waals surface area contributed by atoms with Gasteiger partial charge in [0.25, 0.3) is 0 Å². The highest BCUT2D eigenvalue weighted by Crippen LogP contribution is 2.23. The molecule has 23 heavy (non-hydrogen) atoms. The number of nitrogens with zero attached hydrogens (tertiary/aromatic N) is 3. The largest absolute Gasteiger partial charge is 0.342 e. The second-order valence-corrected chi connectivity index (χ2v) is 7.38. The predicted octanol–water partition coefficient (Wildman–Crippen LogP) is 3.47. The summed E-state index contributed by atoms with van der Waals surface area (Å²) >= 11 is 3.51. The number of likely N-dealkylation sites (tertiary alicyclic amines) is 1. The maximum atomic E-state index is 12.4. The van der Waals surface area contributed by atoms with Gasteiger partial charge in [-0.15, -0.1) is 0 Å². The number of hydrogen-bond acceptors (Lipinski definition) is 2. The van der Waals surface area contributed by atoms with Crippen molar-refractivity contribution in [2.24, 2.45) is 5.92 Å². The Balaban J connectivity index is 1.52. The lowest BCUT2D eigenvalue weighted by Gasteiger charge is -2.40. The van der Waals surface area contributed by atoms with Crippen LogP contribution in [0.2, 0.25) is 0 Å². The van der Waals surface area contributed by atoms with Crippen LogP contribution in [0.25, 0.3) is 0 Å². The van der Waals surface area contributed by atoms with Crippen molar-refractivity contribution in [3.05, 3.63) is 52.5 Å². The Bertz CT molecular complexity index is 689. The van der Waals surface area contributed by atoms with Crippen LogP contribution in [0.3, 0.4) is 0 Å². The monoisotopic (exact) mass is 375 g/mol. The highest BCUT2D eigenvalue weighted by atomic mass is 79.9. The van der Waals surface area contributed by atoms with Crippen molar-refractivity contribution in [1.29, 1.82) is 0 Å². The fourth-order valence-electron chi connectivity index (χ4n) is 3.06. The summed E-state index contributed by atoms with van der Waals surface area (Å²) in [6, 6.07) is 7.92. The summed E-state index contributed by atoms with van der Waals surface area (Å²) in [5, 5.41) is 0. The van der Waals surface area contributed by atoms with E-state index < -0.39 is 0 Å². The molecule has 122 valence electrons. The maximum Gasteiger partial charge on any atom is 0.227 e. The first-order valence-electron chi connectivity index (χ1n) is 8.06. The number of benzene rings is 1. The van der Waals surface area contributed by atoms with E-state index in [1.165, 1.54) is 0 Å². The molecule has 1 fully saturated rings. The molecule has 1 aromatic heterocycles. The van der Waals surface area contributed by atoms with Gasteiger partial charge in [0.2, 0.25) is 5.91 Å². The molecule has 2 aromatic rings. The van der Waals surface area contributed by atoms with Crippen LogP contribution >= 0.6 is 15.9 Å². The molecule has 3 rings (SSSR count). The molecule has 0 saturated carbocycles. The zero-order valence-corrected chi connectivity index (χ0v) is 15.2. The van der Waals surface area contributed by atoms with Crippen LogP contribution in [0, 0.1) is 5.92 Å². The molecule has 0 radical (unpaired) electrons. The first-order chi connectivity index (χ1) is 11.0. The third-order valence-corrected chi connectivity index (χ3v) is 5.10. The van der Waals surface area contributed by atoms with Gasteiger partial charge >= 0.3 is 0 Å². The van der Waals surface area contributed by atoms with Crippen LogP contribution in [-0.2, 0) is 17.8 Å². The molecule has 1 aromatic carbocycles. The summed E-state index contributed by atoms with van der Waals surface area (Å²) in [6.45, 7) is 6.96. The molecule has 5 heteroatoms. The number of hydrogen-bond donors (Lipinski definition) is 0. The van der Waals surface area contributed by atoms with Crippen molar-refractivity contribution in [3.63, 3.8) is 0 Å². The fraction of sp³-hybridized carbons (Fsp3) is 0.444. The summed E-state index contributed by atoms with van der Waals surface area (Å²) in [4.78, 5) is 18.7. The van der Waals surface area contributed by atoms with Crippen molar-refractivity contribution in [2.45, 2.75) is 32.7 Å². The quantitative estimate of drug-likeness (QED) is 0.802. The van der Waals surface area contributed by atoms with E-state index >= 15 is 0 Å². The summed E-state index contributed by atoms with van der Waals surface area (Å²) < 4.78 is 3.23. The Labute approximate surface area is 145 Å². The van der Waals surface area contributed by atoms with Crippen LogP contribution in [0.15, 0.2) is 41.1 Å². The topological polar surface area (TPSA) is 38.1 Å². The molecular weight excluding hydrogens is 354 g/mol. The average molecular weight is 376 g/mol. The smallest absolute Gasteiger partial charge is 0.227 e. The summed E-state index contributed by atoms with van der Waals surface area (Å²) in [5.74, 6) is 2.30. The fourth-order valence-corrected chi connectivity index (χ4v) is 3.48. The summed E-state index contributed by atoms with van der Waals surface area (Å²) in [7, 11) is 0. The van der Waals surface area contributed by atoms with Crippen molar-refractivity contribution in [1.82, 2.24) is 14.5 Å². The minimum absolute atomic E-state index is 0.211. The Morgan fingerprint density at radius 1 is 1.35 bits per heavy atom. The number of amides is 1. The van der Waals surface area contributed by atoms with Gasteiger partial charge in [0, 0.05) is 48.3 Å². The van der Waals surface area contributed by atoms with E-state index in [1.54, 1.807) is 0 Å². The van der Waals surface area contributed by atoms with Gasteiger partial charge in [0.05, 0.1) is 6.42 Å².